The Kier molecular flexibility index (Phi) is 29.9. The van der Waals surface area contributed by atoms with Gasteiger partial charge in [0, 0.05) is 67.1 Å². The number of unbranched alkanes of at least 4 members (excludes halogenated alkanes) is 1. The molecule has 17 N–H and O–H groups in total. The van der Waals surface area contributed by atoms with Crippen LogP contribution in [-0.2, 0) is 92.9 Å². The number of hydrogen-bond acceptors (Lipinski definition) is 21. The number of nitrogens with one attached hydrogen (secondary N) is 13. The van der Waals surface area contributed by atoms with Crippen LogP contribution < -0.4 is 69.5 Å². The average molecular weight is 1450 g/mol. The lowest BCUT2D eigenvalue weighted by molar-refractivity contribution is -0.146. The Labute approximate surface area is 586 Å². The summed E-state index contributed by atoms with van der Waals surface area (Å²) in [5.41, 5.74) is 7.99. The van der Waals surface area contributed by atoms with E-state index < -0.39 is 162 Å². The summed E-state index contributed by atoms with van der Waals surface area (Å²) in [6, 6.07) is -2.98. The van der Waals surface area contributed by atoms with Crippen molar-refractivity contribution >= 4 is 126 Å². The number of aromatic amines is 1. The number of H-pyrrole nitrogens is 1. The molecule has 538 valence electrons. The molecule has 11 atom stereocenters. The second-order valence-electron chi connectivity index (χ2n) is 24.9. The molecule has 2 aromatic carbocycles. The molecule has 99 heavy (non-hydrogen) atoms. The molecule has 3 aromatic rings. The summed E-state index contributed by atoms with van der Waals surface area (Å²) < 4.78 is 0. The number of carbonyl (C=O) groups excluding carboxylic acids is 13. The van der Waals surface area contributed by atoms with Crippen LogP contribution in [0.25, 0.3) is 0 Å². The summed E-state index contributed by atoms with van der Waals surface area (Å²) in [6.45, 7) is 5.39. The van der Waals surface area contributed by atoms with Gasteiger partial charge in [-0.15, -0.1) is 0 Å². The zero-order valence-corrected chi connectivity index (χ0v) is 58.3. The second-order valence-corrected chi connectivity index (χ2v) is 30.0. The molecule has 5 heterocycles. The summed E-state index contributed by atoms with van der Waals surface area (Å²) in [4.78, 5) is 207. The summed E-state index contributed by atoms with van der Waals surface area (Å²) in [5, 5.41) is 52.2. The number of amides is 13. The number of benzene rings is 2. The predicted molar refractivity (Wildman–Crippen MR) is 368 cm³/mol. The van der Waals surface area contributed by atoms with Crippen LogP contribution in [-0.4, -0.2) is 217 Å². The van der Waals surface area contributed by atoms with Crippen molar-refractivity contribution in [3.05, 3.63) is 83.4 Å². The third-order valence-electron chi connectivity index (χ3n) is 16.4. The number of nitrogens with zero attached hydrogens (tertiary/aromatic N) is 2. The van der Waals surface area contributed by atoms with E-state index in [0.29, 0.717) is 35.2 Å². The lowest BCUT2D eigenvalue weighted by Crippen LogP contribution is -2.62. The SMILES string of the molecule is CC(C)C[C@@H]1NC(=O)[C@H](CCCCN)NC(=O)[C@H](Cc2ccc(O)cc2)NC(=O)CNC(=O)[C@@H]2CSSC[C@H](NC1=O)C(=O)N[C@@H](Cc1cnc[nH]1)C(=O)N1Cc3ccccc3C[C@H]1C(=O)N[C@H](C(=O)O)CSSC[C@H](NC(=O)[C@@H](NC(=O)CNC(=O)[C@@H]1CCC(=O)N1)C(C)C)C(=O)N2. The number of hydrogen-bond donors (Lipinski definition) is 16. The molecule has 32 nitrogen and oxygen atoms in total. The quantitative estimate of drug-likeness (QED) is 0.0460. The van der Waals surface area contributed by atoms with Crippen molar-refractivity contribution in [2.75, 3.05) is 42.6 Å². The maximum absolute atomic E-state index is 15.4. The molecule has 0 spiro atoms. The summed E-state index contributed by atoms with van der Waals surface area (Å²) in [6.07, 6.45) is 3.29. The van der Waals surface area contributed by atoms with Gasteiger partial charge in [-0.1, -0.05) is 107 Å². The van der Waals surface area contributed by atoms with Gasteiger partial charge in [-0.3, -0.25) is 62.3 Å². The third-order valence-corrected chi connectivity index (χ3v) is 21.3. The summed E-state index contributed by atoms with van der Waals surface area (Å²) in [5.74, 6) is -14.7. The number of aromatic hydroxyl groups is 1. The van der Waals surface area contributed by atoms with Crippen LogP contribution in [0.2, 0.25) is 0 Å². The maximum atomic E-state index is 15.4. The molecule has 0 radical (unpaired) electrons. The number of aliphatic carboxylic acids is 1. The number of fused-ring (bicyclic) bond motifs is 7. The Hall–Kier alpha value is -8.61. The van der Waals surface area contributed by atoms with Gasteiger partial charge in [0.15, 0.2) is 0 Å². The Bertz CT molecular complexity index is 3410. The lowest BCUT2D eigenvalue weighted by atomic mass is 9.92. The third kappa shape index (κ3) is 23.8. The van der Waals surface area contributed by atoms with E-state index in [1.807, 2.05) is 0 Å². The molecule has 3 fully saturated rings. The number of imidazole rings is 1. The molecule has 4 aliphatic rings. The van der Waals surface area contributed by atoms with Crippen molar-refractivity contribution in [1.29, 1.82) is 0 Å². The molecule has 36 heteroatoms. The highest BCUT2D eigenvalue weighted by Crippen LogP contribution is 2.29. The van der Waals surface area contributed by atoms with E-state index in [-0.39, 0.29) is 98.6 Å². The molecule has 0 unspecified atom stereocenters. The van der Waals surface area contributed by atoms with Crippen LogP contribution in [0.15, 0.2) is 61.1 Å². The predicted octanol–water partition coefficient (Wildman–Crippen LogP) is -2.57. The number of carbonyl (C=O) groups is 14. The van der Waals surface area contributed by atoms with Gasteiger partial charge in [0.05, 0.1) is 19.4 Å². The van der Waals surface area contributed by atoms with Crippen LogP contribution in [0.4, 0.5) is 0 Å². The zero-order chi connectivity index (χ0) is 71.9. The first-order valence-corrected chi connectivity index (χ1v) is 37.3. The van der Waals surface area contributed by atoms with E-state index in [0.717, 1.165) is 43.2 Å². The Morgan fingerprint density at radius 1 is 0.667 bits per heavy atom. The second kappa shape index (κ2) is 38.1. The van der Waals surface area contributed by atoms with Gasteiger partial charge in [0.2, 0.25) is 76.8 Å². The first-order valence-electron chi connectivity index (χ1n) is 32.4. The minimum atomic E-state index is -1.64. The fourth-order valence-electron chi connectivity index (χ4n) is 11.0. The van der Waals surface area contributed by atoms with Gasteiger partial charge in [0.25, 0.3) is 0 Å². The average Bonchev–Trinajstić information content (AvgIpc) is 0.911. The van der Waals surface area contributed by atoms with Crippen molar-refractivity contribution in [2.45, 2.75) is 158 Å². The van der Waals surface area contributed by atoms with Gasteiger partial charge in [-0.05, 0) is 79.3 Å². The van der Waals surface area contributed by atoms with Crippen molar-refractivity contribution < 1.29 is 77.3 Å². The van der Waals surface area contributed by atoms with E-state index in [4.69, 9.17) is 5.73 Å². The summed E-state index contributed by atoms with van der Waals surface area (Å²) >= 11 is 0. The summed E-state index contributed by atoms with van der Waals surface area (Å²) in [7, 11) is 3.63. The maximum Gasteiger partial charge on any atom is 0.327 e. The molecule has 1 aromatic heterocycles. The molecular formula is C63H86N16O16S4. The van der Waals surface area contributed by atoms with E-state index in [2.05, 4.69) is 73.8 Å². The zero-order valence-electron chi connectivity index (χ0n) is 55.0. The Morgan fingerprint density at radius 2 is 1.31 bits per heavy atom. The standard InChI is InChI=1S/C63H86N16O16S4/c1-32(2)19-41-56(87)75-45-28-97-96-27-44(54(85)67-24-50(82)70-42(20-34-12-14-38(80)15-13-34)57(88)71-39(55(86)72-41)11-7-8-18-64)74-59(90)46(76-61(92)52(33(3)4)78-51(83)25-66-53(84)40-16-17-49(81)69-40)29-98-99-30-47(63(94)95)77-60(91)48-21-35-9-5-6-10-36(35)26-79(48)62(93)43(73-58(45)89)22-37-23-65-31-68-37/h5-6,9-10,12-15,23,31-33,39-48,52,80H,7-8,11,16-22,24-30,64H2,1-4H3,(H,65,68)(H,66,84)(H,67,85)(H,69,81)(H,70,82)(H,71,88)(H,72,86)(H,73,89)(H,74,90)(H,75,87)(H,76,92)(H,77,91)(H,78,83)(H,94,95)/t39-,40-,41-,42-,43-,44-,45-,46-,47-,48-,52-/m0/s1. The van der Waals surface area contributed by atoms with Crippen LogP contribution in [0.3, 0.4) is 0 Å². The number of carboxylic acid groups (broad SMARTS) is 1. The van der Waals surface area contributed by atoms with Crippen LogP contribution in [0, 0.1) is 11.8 Å². The topological polar surface area (TPSA) is 482 Å². The highest BCUT2D eigenvalue weighted by atomic mass is 33.1. The monoisotopic (exact) mass is 1450 g/mol. The smallest absolute Gasteiger partial charge is 0.327 e. The van der Waals surface area contributed by atoms with E-state index >= 15 is 9.59 Å². The van der Waals surface area contributed by atoms with Crippen molar-refractivity contribution in [1.82, 2.24) is 78.7 Å². The normalized spacial score (nSPS) is 24.9. The molecule has 13 amide bonds. The van der Waals surface area contributed by atoms with Gasteiger partial charge in [0.1, 0.15) is 72.2 Å². The Balaban J connectivity index is 1.29. The molecular weight excluding hydrogens is 1370 g/mol. The molecule has 0 saturated carbocycles. The molecule has 3 saturated heterocycles. The minimum Gasteiger partial charge on any atom is -0.508 e. The van der Waals surface area contributed by atoms with Crippen molar-refractivity contribution in [3.63, 3.8) is 0 Å². The molecule has 7 rings (SSSR count). The van der Waals surface area contributed by atoms with Gasteiger partial charge < -0.3 is 89.6 Å². The van der Waals surface area contributed by atoms with Crippen LogP contribution >= 0.6 is 43.2 Å². The van der Waals surface area contributed by atoms with Crippen LogP contribution in [0.1, 0.15) is 88.6 Å². The molecule has 0 aliphatic carbocycles. The van der Waals surface area contributed by atoms with Gasteiger partial charge in [-0.2, -0.15) is 0 Å². The number of carboxylic acids is 1. The fraction of sp³-hybridized carbons (Fsp3) is 0.540. The van der Waals surface area contributed by atoms with Gasteiger partial charge in [-0.25, -0.2) is 9.78 Å². The van der Waals surface area contributed by atoms with Crippen molar-refractivity contribution in [2.24, 2.45) is 17.6 Å². The largest absolute Gasteiger partial charge is 0.508 e. The van der Waals surface area contributed by atoms with Crippen LogP contribution in [0.5, 0.6) is 5.75 Å². The number of phenolic OH excluding ortho intramolecular Hbond substituents is 1. The number of nitrogens with two attached hydrogens (primary N) is 1. The van der Waals surface area contributed by atoms with Crippen molar-refractivity contribution in [3.8, 4) is 5.75 Å². The molecule has 4 aliphatic heterocycles. The fourth-order valence-corrected chi connectivity index (χ4v) is 15.7. The molecule has 2 bridgehead atoms. The minimum absolute atomic E-state index is 0.00561. The highest BCUT2D eigenvalue weighted by Gasteiger charge is 2.42. The van der Waals surface area contributed by atoms with Gasteiger partial charge >= 0.3 is 5.97 Å². The highest BCUT2D eigenvalue weighted by molar-refractivity contribution is 8.77. The number of rotatable bonds is 18. The Morgan fingerprint density at radius 3 is 1.97 bits per heavy atom. The number of aromatic nitrogens is 2. The van der Waals surface area contributed by atoms with E-state index in [1.165, 1.54) is 41.7 Å². The van der Waals surface area contributed by atoms with E-state index in [1.54, 1.807) is 52.0 Å². The first-order chi connectivity index (χ1) is 47.3. The first kappa shape index (κ1) is 77.7. The lowest BCUT2D eigenvalue weighted by Gasteiger charge is -2.38. The number of phenols is 1. The van der Waals surface area contributed by atoms with E-state index in [9.17, 15) is 67.7 Å².